The maximum absolute atomic E-state index is 8.61. The van der Waals surface area contributed by atoms with E-state index in [9.17, 15) is 0 Å². The molecule has 0 atom stereocenters. The molecule has 0 saturated heterocycles. The molecule has 0 bridgehead atoms. The smallest absolute Gasteiger partial charge is 0.183 e. The van der Waals surface area contributed by atoms with Gasteiger partial charge in [0.1, 0.15) is 0 Å². The third kappa shape index (κ3) is 4.33. The van der Waals surface area contributed by atoms with E-state index in [1.54, 1.807) is 11.3 Å². The Labute approximate surface area is 129 Å². The van der Waals surface area contributed by atoms with Crippen molar-refractivity contribution in [1.82, 2.24) is 4.98 Å². The van der Waals surface area contributed by atoms with Gasteiger partial charge in [0.2, 0.25) is 0 Å². The maximum Gasteiger partial charge on any atom is 0.183 e. The molecule has 0 amide bonds. The summed E-state index contributed by atoms with van der Waals surface area (Å²) in [5.74, 6) is 0. The molecule has 0 aliphatic carbocycles. The molecule has 1 aromatic carbocycles. The van der Waals surface area contributed by atoms with Gasteiger partial charge in [0.15, 0.2) is 5.13 Å². The second-order valence-corrected chi connectivity index (χ2v) is 5.84. The SMILES string of the molecule is C=C(CC#N)Nc1ccc(-c2csc(NC(C)C)n2)cc1. The fraction of sp³-hybridized carbons (Fsp3) is 0.250. The molecular weight excluding hydrogens is 280 g/mol. The van der Waals surface area contributed by atoms with E-state index in [0.717, 1.165) is 22.1 Å². The van der Waals surface area contributed by atoms with E-state index in [1.165, 1.54) is 0 Å². The Morgan fingerprint density at radius 3 is 2.71 bits per heavy atom. The number of nitrogens with zero attached hydrogens (tertiary/aromatic N) is 2. The number of nitriles is 1. The molecule has 0 saturated carbocycles. The molecule has 0 aliphatic heterocycles. The number of rotatable bonds is 6. The van der Waals surface area contributed by atoms with Crippen LogP contribution in [0.25, 0.3) is 11.3 Å². The van der Waals surface area contributed by atoms with Crippen LogP contribution in [-0.4, -0.2) is 11.0 Å². The number of hydrogen-bond acceptors (Lipinski definition) is 5. The average molecular weight is 298 g/mol. The summed E-state index contributed by atoms with van der Waals surface area (Å²) in [6.07, 6.45) is 0.304. The molecule has 5 heteroatoms. The van der Waals surface area contributed by atoms with E-state index >= 15 is 0 Å². The Morgan fingerprint density at radius 2 is 2.10 bits per heavy atom. The van der Waals surface area contributed by atoms with E-state index in [4.69, 9.17) is 5.26 Å². The van der Waals surface area contributed by atoms with Gasteiger partial charge < -0.3 is 10.6 Å². The first-order chi connectivity index (χ1) is 10.1. The van der Waals surface area contributed by atoms with Gasteiger partial charge in [0.05, 0.1) is 18.2 Å². The van der Waals surface area contributed by atoms with Crippen LogP contribution in [0.15, 0.2) is 41.9 Å². The van der Waals surface area contributed by atoms with Crippen LogP contribution in [0, 0.1) is 11.3 Å². The predicted molar refractivity (Wildman–Crippen MR) is 89.3 cm³/mol. The van der Waals surface area contributed by atoms with E-state index < -0.39 is 0 Å². The van der Waals surface area contributed by atoms with Gasteiger partial charge in [-0.1, -0.05) is 18.7 Å². The minimum Gasteiger partial charge on any atom is -0.359 e. The number of benzene rings is 1. The summed E-state index contributed by atoms with van der Waals surface area (Å²) in [6, 6.07) is 10.4. The van der Waals surface area contributed by atoms with Crippen molar-refractivity contribution in [3.8, 4) is 17.3 Å². The van der Waals surface area contributed by atoms with Gasteiger partial charge >= 0.3 is 0 Å². The van der Waals surface area contributed by atoms with Crippen molar-refractivity contribution >= 4 is 22.2 Å². The molecule has 0 spiro atoms. The Bertz CT molecular complexity index is 650. The topological polar surface area (TPSA) is 60.7 Å². The van der Waals surface area contributed by atoms with Crippen LogP contribution in [0.2, 0.25) is 0 Å². The Kier molecular flexibility index (Phi) is 4.96. The number of allylic oxidation sites excluding steroid dienone is 1. The van der Waals surface area contributed by atoms with Gasteiger partial charge in [-0.3, -0.25) is 0 Å². The first-order valence-corrected chi connectivity index (χ1v) is 7.60. The summed E-state index contributed by atoms with van der Waals surface area (Å²) in [5.41, 5.74) is 3.65. The van der Waals surface area contributed by atoms with Crippen molar-refractivity contribution in [2.75, 3.05) is 10.6 Å². The second-order valence-electron chi connectivity index (χ2n) is 4.98. The molecule has 2 aromatic rings. The number of aromatic nitrogens is 1. The second kappa shape index (κ2) is 6.91. The lowest BCUT2D eigenvalue weighted by Gasteiger charge is -2.07. The number of hydrogen-bond donors (Lipinski definition) is 2. The van der Waals surface area contributed by atoms with Gasteiger partial charge in [-0.2, -0.15) is 5.26 Å². The fourth-order valence-electron chi connectivity index (χ4n) is 1.79. The van der Waals surface area contributed by atoms with Gasteiger partial charge in [0.25, 0.3) is 0 Å². The highest BCUT2D eigenvalue weighted by molar-refractivity contribution is 7.14. The van der Waals surface area contributed by atoms with Crippen LogP contribution < -0.4 is 10.6 Å². The Hall–Kier alpha value is -2.32. The van der Waals surface area contributed by atoms with Gasteiger partial charge in [-0.25, -0.2) is 4.98 Å². The number of thiazole rings is 1. The highest BCUT2D eigenvalue weighted by Crippen LogP contribution is 2.26. The normalized spacial score (nSPS) is 10.2. The molecule has 1 aromatic heterocycles. The van der Waals surface area contributed by atoms with E-state index in [1.807, 2.05) is 29.6 Å². The van der Waals surface area contributed by atoms with Crippen molar-refractivity contribution in [1.29, 1.82) is 5.26 Å². The zero-order chi connectivity index (χ0) is 15.2. The van der Waals surface area contributed by atoms with Crippen LogP contribution in [-0.2, 0) is 0 Å². The average Bonchev–Trinajstić information content (AvgIpc) is 2.87. The molecule has 0 unspecified atom stereocenters. The zero-order valence-corrected chi connectivity index (χ0v) is 13.0. The van der Waals surface area contributed by atoms with E-state index in [-0.39, 0.29) is 0 Å². The van der Waals surface area contributed by atoms with Crippen molar-refractivity contribution in [2.24, 2.45) is 0 Å². The summed E-state index contributed by atoms with van der Waals surface area (Å²) in [6.45, 7) is 7.98. The molecule has 0 radical (unpaired) electrons. The molecule has 2 N–H and O–H groups in total. The van der Waals surface area contributed by atoms with Crippen molar-refractivity contribution < 1.29 is 0 Å². The fourth-order valence-corrected chi connectivity index (χ4v) is 2.65. The third-order valence-electron chi connectivity index (χ3n) is 2.71. The molecular formula is C16H18N4S. The van der Waals surface area contributed by atoms with Crippen LogP contribution in [0.1, 0.15) is 20.3 Å². The van der Waals surface area contributed by atoms with Crippen LogP contribution in [0.4, 0.5) is 10.8 Å². The Morgan fingerprint density at radius 1 is 1.38 bits per heavy atom. The van der Waals surface area contributed by atoms with Crippen molar-refractivity contribution in [2.45, 2.75) is 26.3 Å². The minimum absolute atomic E-state index is 0.304. The maximum atomic E-state index is 8.61. The van der Waals surface area contributed by atoms with E-state index in [2.05, 4.69) is 42.1 Å². The summed E-state index contributed by atoms with van der Waals surface area (Å²) in [5, 5.41) is 18.0. The van der Waals surface area contributed by atoms with Crippen molar-refractivity contribution in [3.63, 3.8) is 0 Å². The quantitative estimate of drug-likeness (QED) is 0.826. The summed E-state index contributed by atoms with van der Waals surface area (Å²) >= 11 is 1.61. The number of nitrogens with one attached hydrogen (secondary N) is 2. The number of anilines is 2. The van der Waals surface area contributed by atoms with Gasteiger partial charge in [-0.15, -0.1) is 11.3 Å². The molecule has 108 valence electrons. The molecule has 0 fully saturated rings. The lowest BCUT2D eigenvalue weighted by atomic mass is 10.1. The lowest BCUT2D eigenvalue weighted by Crippen LogP contribution is -2.08. The third-order valence-corrected chi connectivity index (χ3v) is 3.48. The first-order valence-electron chi connectivity index (χ1n) is 6.72. The summed E-state index contributed by atoms with van der Waals surface area (Å²) in [4.78, 5) is 4.57. The standard InChI is InChI=1S/C16H18N4S/c1-11(2)18-16-20-15(10-21-16)13-4-6-14(7-5-13)19-12(3)8-9-17/h4-7,10-11,19H,3,8H2,1-2H3,(H,18,20). The largest absolute Gasteiger partial charge is 0.359 e. The highest BCUT2D eigenvalue weighted by atomic mass is 32.1. The van der Waals surface area contributed by atoms with Gasteiger partial charge in [-0.05, 0) is 26.0 Å². The van der Waals surface area contributed by atoms with Crippen LogP contribution >= 0.6 is 11.3 Å². The lowest BCUT2D eigenvalue weighted by molar-refractivity contribution is 0.897. The molecule has 1 heterocycles. The Balaban J connectivity index is 2.06. The minimum atomic E-state index is 0.304. The summed E-state index contributed by atoms with van der Waals surface area (Å²) in [7, 11) is 0. The predicted octanol–water partition coefficient (Wildman–Crippen LogP) is 4.47. The van der Waals surface area contributed by atoms with Crippen LogP contribution in [0.3, 0.4) is 0 Å². The molecule has 21 heavy (non-hydrogen) atoms. The first kappa shape index (κ1) is 15.1. The van der Waals surface area contributed by atoms with Crippen LogP contribution in [0.5, 0.6) is 0 Å². The summed E-state index contributed by atoms with van der Waals surface area (Å²) < 4.78 is 0. The molecule has 0 aliphatic rings. The van der Waals surface area contributed by atoms with E-state index in [0.29, 0.717) is 18.2 Å². The highest BCUT2D eigenvalue weighted by Gasteiger charge is 2.05. The molecule has 4 nitrogen and oxygen atoms in total. The molecule has 2 rings (SSSR count). The monoisotopic (exact) mass is 298 g/mol. The zero-order valence-electron chi connectivity index (χ0n) is 12.2. The van der Waals surface area contributed by atoms with Gasteiger partial charge in [0, 0.05) is 28.4 Å². The van der Waals surface area contributed by atoms with Crippen molar-refractivity contribution in [3.05, 3.63) is 41.9 Å².